The van der Waals surface area contributed by atoms with Crippen molar-refractivity contribution >= 4 is 27.4 Å². The van der Waals surface area contributed by atoms with Crippen molar-refractivity contribution in [2.24, 2.45) is 0 Å². The molecule has 0 spiro atoms. The number of aromatic nitrogens is 2. The molecule has 3 heterocycles. The molecule has 154 valence electrons. The van der Waals surface area contributed by atoms with E-state index in [0.29, 0.717) is 6.54 Å². The number of ether oxygens (including phenoxy) is 1. The van der Waals surface area contributed by atoms with Gasteiger partial charge in [-0.25, -0.2) is 9.97 Å². The summed E-state index contributed by atoms with van der Waals surface area (Å²) in [6, 6.07) is 10.3. The second-order valence-electron chi connectivity index (χ2n) is 7.60. The van der Waals surface area contributed by atoms with E-state index < -0.39 is 0 Å². The fourth-order valence-corrected chi connectivity index (χ4v) is 5.47. The van der Waals surface area contributed by atoms with Gasteiger partial charge in [0.15, 0.2) is 0 Å². The minimum absolute atomic E-state index is 0.597. The van der Waals surface area contributed by atoms with Crippen molar-refractivity contribution in [3.05, 3.63) is 58.6 Å². The van der Waals surface area contributed by atoms with Gasteiger partial charge in [-0.05, 0) is 55.0 Å². The van der Waals surface area contributed by atoms with Crippen molar-refractivity contribution < 1.29 is 9.15 Å². The maximum absolute atomic E-state index is 6.17. The molecule has 0 radical (unpaired) electrons. The summed E-state index contributed by atoms with van der Waals surface area (Å²) in [6.07, 6.45) is 7.32. The minimum atomic E-state index is 0.597. The molecule has 0 saturated heterocycles. The first-order valence-corrected chi connectivity index (χ1v) is 11.3. The molecule has 6 heteroatoms. The van der Waals surface area contributed by atoms with Gasteiger partial charge in [-0.2, -0.15) is 0 Å². The highest BCUT2D eigenvalue weighted by Crippen LogP contribution is 2.38. The van der Waals surface area contributed by atoms with Gasteiger partial charge in [-0.3, -0.25) is 0 Å². The Bertz CT molecular complexity index is 1180. The fraction of sp³-hybridized carbons (Fsp3) is 0.333. The highest BCUT2D eigenvalue weighted by Gasteiger charge is 2.20. The van der Waals surface area contributed by atoms with E-state index in [1.165, 1.54) is 35.1 Å². The molecule has 0 aliphatic heterocycles. The summed E-state index contributed by atoms with van der Waals surface area (Å²) < 4.78 is 11.4. The lowest BCUT2D eigenvalue weighted by Crippen LogP contribution is -2.04. The van der Waals surface area contributed by atoms with Crippen LogP contribution in [0.15, 0.2) is 41.1 Å². The summed E-state index contributed by atoms with van der Waals surface area (Å²) in [6.45, 7) is 2.72. The Morgan fingerprint density at radius 3 is 2.77 bits per heavy atom. The normalized spacial score (nSPS) is 13.4. The van der Waals surface area contributed by atoms with Gasteiger partial charge >= 0.3 is 0 Å². The van der Waals surface area contributed by atoms with Crippen LogP contribution in [0.3, 0.4) is 0 Å². The van der Waals surface area contributed by atoms with Crippen molar-refractivity contribution in [2.75, 3.05) is 12.4 Å². The molecule has 0 saturated carbocycles. The van der Waals surface area contributed by atoms with E-state index in [1.807, 2.05) is 23.5 Å². The third-order valence-corrected chi connectivity index (χ3v) is 6.96. The molecule has 0 bridgehead atoms. The second-order valence-corrected chi connectivity index (χ2v) is 8.68. The number of aryl methyl sites for hydroxylation is 3. The average Bonchev–Trinajstić information content (AvgIpc) is 3.39. The van der Waals surface area contributed by atoms with E-state index in [4.69, 9.17) is 9.15 Å². The van der Waals surface area contributed by atoms with Crippen LogP contribution in [0.25, 0.3) is 21.3 Å². The van der Waals surface area contributed by atoms with Crippen molar-refractivity contribution in [3.8, 4) is 16.9 Å². The third kappa shape index (κ3) is 3.45. The van der Waals surface area contributed by atoms with Gasteiger partial charge in [-0.1, -0.05) is 19.1 Å². The van der Waals surface area contributed by atoms with Crippen molar-refractivity contribution in [1.29, 1.82) is 0 Å². The number of nitrogens with one attached hydrogen (secondary N) is 1. The number of fused-ring (bicyclic) bond motifs is 3. The lowest BCUT2D eigenvalue weighted by molar-refractivity contribution is 0.415. The quantitative estimate of drug-likeness (QED) is 0.414. The number of benzene rings is 1. The fourth-order valence-electron chi connectivity index (χ4n) is 4.24. The van der Waals surface area contributed by atoms with Gasteiger partial charge in [0.05, 0.1) is 19.0 Å². The van der Waals surface area contributed by atoms with Gasteiger partial charge in [0.1, 0.15) is 34.2 Å². The predicted molar refractivity (Wildman–Crippen MR) is 121 cm³/mol. The number of anilines is 1. The number of furan rings is 1. The highest BCUT2D eigenvalue weighted by atomic mass is 32.1. The van der Waals surface area contributed by atoms with Crippen molar-refractivity contribution in [2.45, 2.75) is 45.6 Å². The first kappa shape index (κ1) is 19.1. The Balaban J connectivity index is 1.42. The lowest BCUT2D eigenvalue weighted by atomic mass is 9.97. The van der Waals surface area contributed by atoms with Crippen LogP contribution < -0.4 is 10.1 Å². The molecule has 3 aromatic heterocycles. The zero-order valence-electron chi connectivity index (χ0n) is 17.3. The van der Waals surface area contributed by atoms with Crippen LogP contribution in [0.2, 0.25) is 0 Å². The molecule has 0 amide bonds. The first-order chi connectivity index (χ1) is 14.8. The van der Waals surface area contributed by atoms with Crippen LogP contribution in [0, 0.1) is 0 Å². The summed E-state index contributed by atoms with van der Waals surface area (Å²) in [5, 5.41) is 4.72. The zero-order chi connectivity index (χ0) is 20.5. The second kappa shape index (κ2) is 8.11. The number of hydrogen-bond donors (Lipinski definition) is 1. The maximum Gasteiger partial charge on any atom is 0.138 e. The van der Waals surface area contributed by atoms with Crippen LogP contribution >= 0.6 is 11.3 Å². The average molecular weight is 420 g/mol. The van der Waals surface area contributed by atoms with Gasteiger partial charge in [0, 0.05) is 16.9 Å². The Hall–Kier alpha value is -2.86. The summed E-state index contributed by atoms with van der Waals surface area (Å²) >= 11 is 1.82. The number of thiophene rings is 1. The summed E-state index contributed by atoms with van der Waals surface area (Å²) in [4.78, 5) is 11.6. The Labute approximate surface area is 180 Å². The molecule has 5 rings (SSSR count). The standard InChI is InChI=1S/C24H25N3O2S/c1-3-20-19(15-8-10-16(28-2)11-9-15)12-17(29-20)13-25-23-22-18-6-4-5-7-21(18)30-24(22)27-14-26-23/h8-12,14H,3-7,13H2,1-2H3,(H,25,26,27). The molecule has 0 fully saturated rings. The van der Waals surface area contributed by atoms with E-state index in [2.05, 4.69) is 40.4 Å². The molecule has 0 unspecified atom stereocenters. The monoisotopic (exact) mass is 419 g/mol. The van der Waals surface area contributed by atoms with E-state index in [-0.39, 0.29) is 0 Å². The molecule has 1 aliphatic rings. The predicted octanol–water partition coefficient (Wildman–Crippen LogP) is 6.01. The van der Waals surface area contributed by atoms with Gasteiger partial charge in [0.2, 0.25) is 0 Å². The first-order valence-electron chi connectivity index (χ1n) is 10.5. The largest absolute Gasteiger partial charge is 0.497 e. The summed E-state index contributed by atoms with van der Waals surface area (Å²) in [5.41, 5.74) is 3.72. The highest BCUT2D eigenvalue weighted by molar-refractivity contribution is 7.19. The smallest absolute Gasteiger partial charge is 0.138 e. The number of rotatable bonds is 6. The van der Waals surface area contributed by atoms with Crippen LogP contribution in [-0.4, -0.2) is 17.1 Å². The van der Waals surface area contributed by atoms with Crippen LogP contribution in [0.1, 0.15) is 41.7 Å². The van der Waals surface area contributed by atoms with Gasteiger partial charge < -0.3 is 14.5 Å². The zero-order valence-corrected chi connectivity index (χ0v) is 18.1. The molecule has 5 nitrogen and oxygen atoms in total. The Morgan fingerprint density at radius 2 is 1.97 bits per heavy atom. The Kier molecular flexibility index (Phi) is 5.17. The summed E-state index contributed by atoms with van der Waals surface area (Å²) in [5.74, 6) is 3.68. The number of methoxy groups -OCH3 is 1. The topological polar surface area (TPSA) is 60.2 Å². The molecule has 1 aliphatic carbocycles. The molecule has 1 N–H and O–H groups in total. The molecule has 30 heavy (non-hydrogen) atoms. The molecular formula is C24H25N3O2S. The lowest BCUT2D eigenvalue weighted by Gasteiger charge is -2.12. The van der Waals surface area contributed by atoms with Crippen molar-refractivity contribution in [3.63, 3.8) is 0 Å². The molecular weight excluding hydrogens is 394 g/mol. The Morgan fingerprint density at radius 1 is 1.13 bits per heavy atom. The van der Waals surface area contributed by atoms with E-state index >= 15 is 0 Å². The van der Waals surface area contributed by atoms with Crippen LogP contribution in [-0.2, 0) is 25.8 Å². The van der Waals surface area contributed by atoms with E-state index in [0.717, 1.165) is 51.9 Å². The van der Waals surface area contributed by atoms with Crippen LogP contribution in [0.4, 0.5) is 5.82 Å². The maximum atomic E-state index is 6.17. The van der Waals surface area contributed by atoms with E-state index in [9.17, 15) is 0 Å². The molecule has 4 aromatic rings. The van der Waals surface area contributed by atoms with Gasteiger partial charge in [-0.15, -0.1) is 11.3 Å². The number of nitrogens with zero attached hydrogens (tertiary/aromatic N) is 2. The third-order valence-electron chi connectivity index (χ3n) is 5.76. The van der Waals surface area contributed by atoms with Gasteiger partial charge in [0.25, 0.3) is 0 Å². The van der Waals surface area contributed by atoms with E-state index in [1.54, 1.807) is 13.4 Å². The minimum Gasteiger partial charge on any atom is -0.497 e. The van der Waals surface area contributed by atoms with Crippen molar-refractivity contribution in [1.82, 2.24) is 9.97 Å². The molecule has 0 atom stereocenters. The molecule has 1 aromatic carbocycles. The summed E-state index contributed by atoms with van der Waals surface area (Å²) in [7, 11) is 1.68. The van der Waals surface area contributed by atoms with Crippen LogP contribution in [0.5, 0.6) is 5.75 Å². The number of hydrogen-bond acceptors (Lipinski definition) is 6. The SMILES string of the molecule is CCc1oc(CNc2ncnc3sc4c(c23)CCCC4)cc1-c1ccc(OC)cc1.